The van der Waals surface area contributed by atoms with Crippen LogP contribution in [-0.4, -0.2) is 31.7 Å². The second-order valence-electron chi connectivity index (χ2n) is 4.65. The first-order valence-corrected chi connectivity index (χ1v) is 6.34. The zero-order chi connectivity index (χ0) is 13.1. The number of carbonyl (C=O) groups is 1. The summed E-state index contributed by atoms with van der Waals surface area (Å²) in [5, 5.41) is 0. The SMILES string of the molecule is Cc1cccc(N2CCOC(CCN)C2=O)c1C. The van der Waals surface area contributed by atoms with Gasteiger partial charge in [0.2, 0.25) is 0 Å². The number of benzene rings is 1. The van der Waals surface area contributed by atoms with Crippen LogP contribution in [0, 0.1) is 13.8 Å². The van der Waals surface area contributed by atoms with E-state index in [9.17, 15) is 4.79 Å². The van der Waals surface area contributed by atoms with Crippen molar-refractivity contribution in [3.05, 3.63) is 29.3 Å². The summed E-state index contributed by atoms with van der Waals surface area (Å²) in [6.45, 7) is 5.76. The van der Waals surface area contributed by atoms with Gasteiger partial charge in [0.25, 0.3) is 5.91 Å². The molecule has 1 aromatic carbocycles. The summed E-state index contributed by atoms with van der Waals surface area (Å²) in [5.74, 6) is 0.0281. The van der Waals surface area contributed by atoms with Crippen molar-refractivity contribution in [1.29, 1.82) is 0 Å². The maximum atomic E-state index is 12.3. The predicted molar refractivity (Wildman–Crippen MR) is 71.7 cm³/mol. The van der Waals surface area contributed by atoms with E-state index in [0.717, 1.165) is 11.3 Å². The van der Waals surface area contributed by atoms with Crippen LogP contribution >= 0.6 is 0 Å². The molecule has 1 amide bonds. The molecule has 1 aliphatic heterocycles. The number of amides is 1. The van der Waals surface area contributed by atoms with Gasteiger partial charge in [-0.2, -0.15) is 0 Å². The number of morpholine rings is 1. The van der Waals surface area contributed by atoms with Gasteiger partial charge in [-0.15, -0.1) is 0 Å². The lowest BCUT2D eigenvalue weighted by molar-refractivity contribution is -0.134. The van der Waals surface area contributed by atoms with Gasteiger partial charge in [-0.1, -0.05) is 12.1 Å². The minimum absolute atomic E-state index is 0.0281. The van der Waals surface area contributed by atoms with Gasteiger partial charge in [0.15, 0.2) is 0 Å². The topological polar surface area (TPSA) is 55.6 Å². The van der Waals surface area contributed by atoms with Gasteiger partial charge in [-0.05, 0) is 44.0 Å². The lowest BCUT2D eigenvalue weighted by Crippen LogP contribution is -2.48. The second-order valence-corrected chi connectivity index (χ2v) is 4.65. The highest BCUT2D eigenvalue weighted by atomic mass is 16.5. The van der Waals surface area contributed by atoms with Crippen molar-refractivity contribution in [3.8, 4) is 0 Å². The molecule has 4 nitrogen and oxygen atoms in total. The molecule has 1 atom stereocenters. The van der Waals surface area contributed by atoms with Crippen molar-refractivity contribution >= 4 is 11.6 Å². The Kier molecular flexibility index (Phi) is 3.99. The Balaban J connectivity index is 2.27. The fourth-order valence-corrected chi connectivity index (χ4v) is 2.27. The van der Waals surface area contributed by atoms with Gasteiger partial charge in [0.05, 0.1) is 6.61 Å². The molecule has 0 spiro atoms. The van der Waals surface area contributed by atoms with E-state index in [2.05, 4.69) is 13.0 Å². The van der Waals surface area contributed by atoms with E-state index in [1.807, 2.05) is 24.0 Å². The Morgan fingerprint density at radius 3 is 2.94 bits per heavy atom. The molecule has 1 fully saturated rings. The van der Waals surface area contributed by atoms with Crippen LogP contribution in [0.5, 0.6) is 0 Å². The summed E-state index contributed by atoms with van der Waals surface area (Å²) >= 11 is 0. The first-order chi connectivity index (χ1) is 8.65. The fraction of sp³-hybridized carbons (Fsp3) is 0.500. The number of nitrogens with zero attached hydrogens (tertiary/aromatic N) is 1. The van der Waals surface area contributed by atoms with Crippen LogP contribution < -0.4 is 10.6 Å². The highest BCUT2D eigenvalue weighted by Crippen LogP contribution is 2.25. The third-order valence-corrected chi connectivity index (χ3v) is 3.47. The lowest BCUT2D eigenvalue weighted by Gasteiger charge is -2.33. The Bertz CT molecular complexity index is 443. The van der Waals surface area contributed by atoms with E-state index < -0.39 is 0 Å². The molecule has 0 aromatic heterocycles. The summed E-state index contributed by atoms with van der Waals surface area (Å²) in [5.41, 5.74) is 8.85. The molecule has 1 aliphatic rings. The van der Waals surface area contributed by atoms with Crippen LogP contribution in [0.15, 0.2) is 18.2 Å². The summed E-state index contributed by atoms with van der Waals surface area (Å²) in [7, 11) is 0. The van der Waals surface area contributed by atoms with Gasteiger partial charge >= 0.3 is 0 Å². The van der Waals surface area contributed by atoms with Crippen molar-refractivity contribution in [2.45, 2.75) is 26.4 Å². The number of anilines is 1. The number of nitrogens with two attached hydrogens (primary N) is 1. The normalized spacial score (nSPS) is 20.3. The van der Waals surface area contributed by atoms with Crippen molar-refractivity contribution in [3.63, 3.8) is 0 Å². The summed E-state index contributed by atoms with van der Waals surface area (Å²) in [6, 6.07) is 6.03. The van der Waals surface area contributed by atoms with Crippen molar-refractivity contribution in [2.75, 3.05) is 24.6 Å². The van der Waals surface area contributed by atoms with E-state index in [4.69, 9.17) is 10.5 Å². The molecular weight excluding hydrogens is 228 g/mol. The molecule has 1 heterocycles. The molecular formula is C14H20N2O2. The highest BCUT2D eigenvalue weighted by Gasteiger charge is 2.30. The van der Waals surface area contributed by atoms with Gasteiger partial charge in [-0.3, -0.25) is 4.79 Å². The minimum atomic E-state index is -0.385. The maximum absolute atomic E-state index is 12.3. The van der Waals surface area contributed by atoms with Crippen molar-refractivity contribution in [2.24, 2.45) is 5.73 Å². The first-order valence-electron chi connectivity index (χ1n) is 6.34. The number of aryl methyl sites for hydroxylation is 1. The zero-order valence-corrected chi connectivity index (χ0v) is 11.0. The van der Waals surface area contributed by atoms with E-state index in [0.29, 0.717) is 26.1 Å². The number of carbonyl (C=O) groups excluding carboxylic acids is 1. The average Bonchev–Trinajstić information content (AvgIpc) is 2.36. The molecule has 2 N–H and O–H groups in total. The van der Waals surface area contributed by atoms with E-state index in [1.54, 1.807) is 0 Å². The zero-order valence-electron chi connectivity index (χ0n) is 11.0. The molecule has 1 unspecified atom stereocenters. The van der Waals surface area contributed by atoms with Crippen molar-refractivity contribution in [1.82, 2.24) is 0 Å². The Morgan fingerprint density at radius 2 is 2.22 bits per heavy atom. The van der Waals surface area contributed by atoms with Gasteiger partial charge in [0.1, 0.15) is 6.10 Å². The third-order valence-electron chi connectivity index (χ3n) is 3.47. The van der Waals surface area contributed by atoms with E-state index in [-0.39, 0.29) is 12.0 Å². The number of hydrogen-bond donors (Lipinski definition) is 1. The number of hydrogen-bond acceptors (Lipinski definition) is 3. The van der Waals surface area contributed by atoms with E-state index in [1.165, 1.54) is 5.56 Å². The predicted octanol–water partition coefficient (Wildman–Crippen LogP) is 1.38. The second kappa shape index (κ2) is 5.50. The fourth-order valence-electron chi connectivity index (χ4n) is 2.27. The molecule has 1 aromatic rings. The van der Waals surface area contributed by atoms with Crippen molar-refractivity contribution < 1.29 is 9.53 Å². The van der Waals surface area contributed by atoms with Crippen LogP contribution in [0.3, 0.4) is 0 Å². The maximum Gasteiger partial charge on any atom is 0.256 e. The Hall–Kier alpha value is -1.39. The number of ether oxygens (including phenoxy) is 1. The van der Waals surface area contributed by atoms with E-state index >= 15 is 0 Å². The van der Waals surface area contributed by atoms with Crippen LogP contribution in [0.25, 0.3) is 0 Å². The smallest absolute Gasteiger partial charge is 0.256 e. The summed E-state index contributed by atoms with van der Waals surface area (Å²) in [6.07, 6.45) is 0.198. The lowest BCUT2D eigenvalue weighted by atomic mass is 10.1. The highest BCUT2D eigenvalue weighted by molar-refractivity contribution is 5.97. The van der Waals surface area contributed by atoms with Gasteiger partial charge < -0.3 is 15.4 Å². The summed E-state index contributed by atoms with van der Waals surface area (Å²) < 4.78 is 5.48. The van der Waals surface area contributed by atoms with Crippen LogP contribution in [0.4, 0.5) is 5.69 Å². The molecule has 18 heavy (non-hydrogen) atoms. The minimum Gasteiger partial charge on any atom is -0.366 e. The molecule has 0 saturated carbocycles. The Morgan fingerprint density at radius 1 is 1.44 bits per heavy atom. The first kappa shape index (κ1) is 13.1. The third kappa shape index (κ3) is 2.40. The quantitative estimate of drug-likeness (QED) is 0.879. The standard InChI is InChI=1S/C14H20N2O2/c1-10-4-3-5-12(11(10)2)16-8-9-18-13(6-7-15)14(16)17/h3-5,13H,6-9,15H2,1-2H3. The molecule has 0 radical (unpaired) electrons. The molecule has 98 valence electrons. The average molecular weight is 248 g/mol. The van der Waals surface area contributed by atoms with Crippen LogP contribution in [-0.2, 0) is 9.53 Å². The molecule has 1 saturated heterocycles. The monoisotopic (exact) mass is 248 g/mol. The largest absolute Gasteiger partial charge is 0.366 e. The van der Waals surface area contributed by atoms with Gasteiger partial charge in [-0.25, -0.2) is 0 Å². The molecule has 4 heteroatoms. The number of rotatable bonds is 3. The molecule has 2 rings (SSSR count). The Labute approximate surface area is 108 Å². The van der Waals surface area contributed by atoms with Gasteiger partial charge in [0, 0.05) is 12.2 Å². The molecule has 0 aliphatic carbocycles. The molecule has 0 bridgehead atoms. The van der Waals surface area contributed by atoms with Crippen LogP contribution in [0.1, 0.15) is 17.5 Å². The summed E-state index contributed by atoms with van der Waals surface area (Å²) in [4.78, 5) is 14.2. The van der Waals surface area contributed by atoms with Crippen LogP contribution in [0.2, 0.25) is 0 Å².